The van der Waals surface area contributed by atoms with Crippen molar-refractivity contribution in [1.29, 1.82) is 0 Å². The summed E-state index contributed by atoms with van der Waals surface area (Å²) < 4.78 is 21.6. The molecule has 1 aromatic carbocycles. The summed E-state index contributed by atoms with van der Waals surface area (Å²) in [7, 11) is -0.939. The van der Waals surface area contributed by atoms with E-state index in [0.717, 1.165) is 78.7 Å². The van der Waals surface area contributed by atoms with Gasteiger partial charge in [-0.2, -0.15) is 5.10 Å². The molecule has 11 heteroatoms. The number of aromatic amines is 1. The monoisotopic (exact) mass is 466 g/mol. The minimum Gasteiger partial charge on any atom is -0.378 e. The second-order valence-corrected chi connectivity index (χ2v) is 9.70. The van der Waals surface area contributed by atoms with Crippen molar-refractivity contribution >= 4 is 39.2 Å². The first kappa shape index (κ1) is 20.6. The first-order valence-electron chi connectivity index (χ1n) is 11.2. The van der Waals surface area contributed by atoms with Crippen LogP contribution in [0.2, 0.25) is 0 Å². The standard InChI is InChI=1S/C22H26N8O2S/c1-33(31)29-7-5-27(6-8-29)20-14-23-21-22(28-9-11-32-12-10-28)25-19(15-30(20)21)16-3-2-4-18-17(16)13-24-26-18/h2-4,13-15H,5-12H2,1H3,(H,24,26). The van der Waals surface area contributed by atoms with Crippen molar-refractivity contribution < 1.29 is 8.95 Å². The molecule has 1 unspecified atom stereocenters. The van der Waals surface area contributed by atoms with Crippen molar-refractivity contribution in [2.75, 3.05) is 68.5 Å². The van der Waals surface area contributed by atoms with Crippen molar-refractivity contribution in [2.24, 2.45) is 0 Å². The molecule has 172 valence electrons. The van der Waals surface area contributed by atoms with Gasteiger partial charge in [0.1, 0.15) is 5.82 Å². The highest BCUT2D eigenvalue weighted by Crippen LogP contribution is 2.32. The van der Waals surface area contributed by atoms with Gasteiger partial charge in [-0.05, 0) is 6.07 Å². The molecule has 0 bridgehead atoms. The Labute approximate surface area is 193 Å². The van der Waals surface area contributed by atoms with E-state index in [1.165, 1.54) is 0 Å². The highest BCUT2D eigenvalue weighted by molar-refractivity contribution is 7.81. The molecule has 1 atom stereocenters. The molecule has 4 aromatic rings. The van der Waals surface area contributed by atoms with Crippen molar-refractivity contribution in [3.05, 3.63) is 36.8 Å². The van der Waals surface area contributed by atoms with E-state index in [1.54, 1.807) is 6.26 Å². The maximum atomic E-state index is 11.9. The number of morpholine rings is 1. The molecule has 0 saturated carbocycles. The zero-order chi connectivity index (χ0) is 22.4. The molecule has 5 heterocycles. The van der Waals surface area contributed by atoms with E-state index in [1.807, 2.05) is 28.8 Å². The molecule has 2 saturated heterocycles. The summed E-state index contributed by atoms with van der Waals surface area (Å²) in [6, 6.07) is 6.13. The van der Waals surface area contributed by atoms with Crippen LogP contribution in [0.3, 0.4) is 0 Å². The van der Waals surface area contributed by atoms with Crippen LogP contribution in [0.4, 0.5) is 11.6 Å². The number of nitrogens with zero attached hydrogens (tertiary/aromatic N) is 7. The van der Waals surface area contributed by atoms with Crippen LogP contribution in [0.15, 0.2) is 36.8 Å². The summed E-state index contributed by atoms with van der Waals surface area (Å²) in [5, 5.41) is 8.32. The third-order valence-corrected chi connectivity index (χ3v) is 7.55. The summed E-state index contributed by atoms with van der Waals surface area (Å²) >= 11 is 0. The van der Waals surface area contributed by atoms with Crippen molar-refractivity contribution in [3.63, 3.8) is 0 Å². The fourth-order valence-corrected chi connectivity index (χ4v) is 5.35. The van der Waals surface area contributed by atoms with Gasteiger partial charge in [0.25, 0.3) is 0 Å². The number of aromatic nitrogens is 5. The lowest BCUT2D eigenvalue weighted by Crippen LogP contribution is -2.47. The van der Waals surface area contributed by atoms with Gasteiger partial charge in [0, 0.05) is 62.7 Å². The van der Waals surface area contributed by atoms with E-state index < -0.39 is 11.0 Å². The lowest BCUT2D eigenvalue weighted by Gasteiger charge is -2.34. The van der Waals surface area contributed by atoms with Crippen LogP contribution in [0, 0.1) is 0 Å². The summed E-state index contributed by atoms with van der Waals surface area (Å²) in [6.07, 6.45) is 7.60. The molecular formula is C22H26N8O2S. The number of imidazole rings is 1. The Morgan fingerprint density at radius 3 is 2.64 bits per heavy atom. The topological polar surface area (TPSA) is 94.9 Å². The van der Waals surface area contributed by atoms with Gasteiger partial charge in [0.15, 0.2) is 11.5 Å². The number of piperazine rings is 1. The van der Waals surface area contributed by atoms with Crippen LogP contribution in [-0.4, -0.2) is 91.8 Å². The van der Waals surface area contributed by atoms with Gasteiger partial charge in [0.2, 0.25) is 0 Å². The highest BCUT2D eigenvalue weighted by atomic mass is 32.2. The van der Waals surface area contributed by atoms with Crippen LogP contribution >= 0.6 is 0 Å². The average molecular weight is 467 g/mol. The first-order chi connectivity index (χ1) is 16.2. The van der Waals surface area contributed by atoms with E-state index in [-0.39, 0.29) is 0 Å². The molecule has 0 aliphatic carbocycles. The molecule has 0 spiro atoms. The van der Waals surface area contributed by atoms with Crippen molar-refractivity contribution in [1.82, 2.24) is 28.9 Å². The second-order valence-electron chi connectivity index (χ2n) is 8.34. The Kier molecular flexibility index (Phi) is 5.24. The Morgan fingerprint density at radius 1 is 1.03 bits per heavy atom. The zero-order valence-corrected chi connectivity index (χ0v) is 19.3. The predicted octanol–water partition coefficient (Wildman–Crippen LogP) is 1.52. The molecule has 10 nitrogen and oxygen atoms in total. The first-order valence-corrected chi connectivity index (χ1v) is 12.7. The number of nitrogens with one attached hydrogen (secondary N) is 1. The number of hydrogen-bond acceptors (Lipinski definition) is 7. The fraction of sp³-hybridized carbons (Fsp3) is 0.409. The Morgan fingerprint density at radius 2 is 1.85 bits per heavy atom. The van der Waals surface area contributed by atoms with E-state index >= 15 is 0 Å². The Bertz CT molecular complexity index is 1320. The second kappa shape index (κ2) is 8.40. The largest absolute Gasteiger partial charge is 0.378 e. The van der Waals surface area contributed by atoms with Crippen LogP contribution in [0.1, 0.15) is 0 Å². The molecular weight excluding hydrogens is 440 g/mol. The normalized spacial score (nSPS) is 18.9. The summed E-state index contributed by atoms with van der Waals surface area (Å²) in [5.74, 6) is 1.90. The minimum atomic E-state index is -0.939. The molecule has 2 aliphatic heterocycles. The summed E-state index contributed by atoms with van der Waals surface area (Å²) in [5.41, 5.74) is 3.74. The Balaban J connectivity index is 1.48. The van der Waals surface area contributed by atoms with Crippen LogP contribution in [-0.2, 0) is 15.7 Å². The molecule has 2 aliphatic rings. The molecule has 2 fully saturated rings. The molecule has 33 heavy (non-hydrogen) atoms. The number of rotatable bonds is 4. The third kappa shape index (κ3) is 3.65. The van der Waals surface area contributed by atoms with Gasteiger partial charge in [-0.3, -0.25) is 9.50 Å². The fourth-order valence-electron chi connectivity index (χ4n) is 4.68. The Hall–Kier alpha value is -3.02. The number of hydrogen-bond donors (Lipinski definition) is 1. The van der Waals surface area contributed by atoms with Gasteiger partial charge >= 0.3 is 0 Å². The minimum absolute atomic E-state index is 0.680. The van der Waals surface area contributed by atoms with E-state index in [0.29, 0.717) is 13.2 Å². The zero-order valence-electron chi connectivity index (χ0n) is 18.5. The number of H-pyrrole nitrogens is 1. The van der Waals surface area contributed by atoms with Gasteiger partial charge < -0.3 is 14.5 Å². The van der Waals surface area contributed by atoms with Crippen molar-refractivity contribution in [3.8, 4) is 11.3 Å². The highest BCUT2D eigenvalue weighted by Gasteiger charge is 2.25. The SMILES string of the molecule is CS(=O)N1CCN(c2cnc3c(N4CCOCC4)nc(-c4cccc5[nH]ncc45)cn23)CC1. The molecule has 0 amide bonds. The maximum absolute atomic E-state index is 11.9. The van der Waals surface area contributed by atoms with Gasteiger partial charge in [-0.25, -0.2) is 18.5 Å². The quantitative estimate of drug-likeness (QED) is 0.487. The van der Waals surface area contributed by atoms with Crippen molar-refractivity contribution in [2.45, 2.75) is 0 Å². The number of benzene rings is 1. The van der Waals surface area contributed by atoms with Gasteiger partial charge in [0.05, 0.1) is 47.8 Å². The molecule has 3 aromatic heterocycles. The number of anilines is 2. The lowest BCUT2D eigenvalue weighted by atomic mass is 10.1. The molecule has 6 rings (SSSR count). The summed E-state index contributed by atoms with van der Waals surface area (Å²) in [4.78, 5) is 14.5. The van der Waals surface area contributed by atoms with Crippen LogP contribution in [0.5, 0.6) is 0 Å². The van der Waals surface area contributed by atoms with Gasteiger partial charge in [-0.15, -0.1) is 0 Å². The average Bonchev–Trinajstić information content (AvgIpc) is 3.51. The predicted molar refractivity (Wildman–Crippen MR) is 129 cm³/mol. The molecule has 1 N–H and O–H groups in total. The van der Waals surface area contributed by atoms with Gasteiger partial charge in [-0.1, -0.05) is 12.1 Å². The third-order valence-electron chi connectivity index (χ3n) is 6.45. The van der Waals surface area contributed by atoms with Crippen LogP contribution < -0.4 is 9.80 Å². The molecule has 0 radical (unpaired) electrons. The van der Waals surface area contributed by atoms with Crippen LogP contribution in [0.25, 0.3) is 27.8 Å². The van der Waals surface area contributed by atoms with E-state index in [9.17, 15) is 4.21 Å². The lowest BCUT2D eigenvalue weighted by molar-refractivity contribution is 0.122. The van der Waals surface area contributed by atoms with E-state index in [2.05, 4.69) is 36.7 Å². The smallest absolute Gasteiger partial charge is 0.181 e. The summed E-state index contributed by atoms with van der Waals surface area (Å²) in [6.45, 7) is 6.05. The maximum Gasteiger partial charge on any atom is 0.181 e. The number of fused-ring (bicyclic) bond motifs is 2. The number of ether oxygens (including phenoxy) is 1. The van der Waals surface area contributed by atoms with E-state index in [4.69, 9.17) is 14.7 Å².